The first-order valence-corrected chi connectivity index (χ1v) is 7.58. The van der Waals surface area contributed by atoms with Crippen LogP contribution >= 0.6 is 11.6 Å². The Morgan fingerprint density at radius 1 is 1.30 bits per heavy atom. The highest BCUT2D eigenvalue weighted by atomic mass is 35.5. The van der Waals surface area contributed by atoms with Crippen molar-refractivity contribution in [1.29, 1.82) is 0 Å². The van der Waals surface area contributed by atoms with E-state index >= 15 is 0 Å². The molecule has 0 bridgehead atoms. The van der Waals surface area contributed by atoms with Crippen LogP contribution < -0.4 is 5.73 Å². The summed E-state index contributed by atoms with van der Waals surface area (Å²) in [6, 6.07) is 14.2. The fraction of sp³-hybridized carbons (Fsp3) is 0.176. The lowest BCUT2D eigenvalue weighted by Gasteiger charge is -2.11. The van der Waals surface area contributed by atoms with Crippen LogP contribution in [0.4, 0.5) is 4.79 Å². The number of nitrogens with two attached hydrogens (primary N) is 1. The fourth-order valence-corrected chi connectivity index (χ4v) is 2.52. The van der Waals surface area contributed by atoms with Crippen LogP contribution in [-0.4, -0.2) is 15.6 Å². The van der Waals surface area contributed by atoms with Crippen molar-refractivity contribution in [3.63, 3.8) is 0 Å². The van der Waals surface area contributed by atoms with Crippen LogP contribution in [0.25, 0.3) is 11.0 Å². The lowest BCUT2D eigenvalue weighted by molar-refractivity contribution is 0.141. The summed E-state index contributed by atoms with van der Waals surface area (Å²) in [6.07, 6.45) is -0.508. The first-order chi connectivity index (χ1) is 11.1. The second kappa shape index (κ2) is 6.40. The summed E-state index contributed by atoms with van der Waals surface area (Å²) in [7, 11) is 0. The molecule has 23 heavy (non-hydrogen) atoms. The zero-order chi connectivity index (χ0) is 16.4. The quantitative estimate of drug-likeness (QED) is 0.791. The van der Waals surface area contributed by atoms with Crippen LogP contribution in [0, 0.1) is 0 Å². The van der Waals surface area contributed by atoms with E-state index in [4.69, 9.17) is 22.1 Å². The number of imidazole rings is 1. The molecular formula is C17H16ClN3O2. The molecule has 0 aliphatic heterocycles. The summed E-state index contributed by atoms with van der Waals surface area (Å²) >= 11 is 5.98. The van der Waals surface area contributed by atoms with E-state index in [1.165, 1.54) is 4.57 Å². The maximum absolute atomic E-state index is 12.5. The number of carbonyl (C=O) groups is 1. The highest BCUT2D eigenvalue weighted by Crippen LogP contribution is 2.23. The van der Waals surface area contributed by atoms with Gasteiger partial charge in [0.1, 0.15) is 12.4 Å². The van der Waals surface area contributed by atoms with Gasteiger partial charge in [0.2, 0.25) is 0 Å². The van der Waals surface area contributed by atoms with Crippen molar-refractivity contribution in [3.05, 3.63) is 64.9 Å². The zero-order valence-corrected chi connectivity index (χ0v) is 13.3. The maximum Gasteiger partial charge on any atom is 0.420 e. The number of fused-ring (bicyclic) bond motifs is 1. The predicted octanol–water partition coefficient (Wildman–Crippen LogP) is 3.89. The van der Waals surface area contributed by atoms with Gasteiger partial charge in [-0.1, -0.05) is 41.9 Å². The molecule has 2 aromatic carbocycles. The third kappa shape index (κ3) is 3.21. The summed E-state index contributed by atoms with van der Waals surface area (Å²) in [5.41, 5.74) is 8.09. The molecule has 0 aliphatic rings. The second-order valence-corrected chi connectivity index (χ2v) is 5.70. The van der Waals surface area contributed by atoms with E-state index in [0.717, 1.165) is 5.56 Å². The Morgan fingerprint density at radius 2 is 2.04 bits per heavy atom. The Labute approximate surface area is 138 Å². The highest BCUT2D eigenvalue weighted by Gasteiger charge is 2.20. The molecule has 2 N–H and O–H groups in total. The van der Waals surface area contributed by atoms with Gasteiger partial charge in [-0.05, 0) is 30.7 Å². The van der Waals surface area contributed by atoms with Crippen molar-refractivity contribution in [2.45, 2.75) is 19.6 Å². The third-order valence-corrected chi connectivity index (χ3v) is 3.67. The van der Waals surface area contributed by atoms with Crippen LogP contribution in [-0.2, 0) is 11.3 Å². The molecule has 1 atom stereocenters. The van der Waals surface area contributed by atoms with E-state index in [-0.39, 0.29) is 6.61 Å². The van der Waals surface area contributed by atoms with Gasteiger partial charge >= 0.3 is 6.09 Å². The van der Waals surface area contributed by atoms with Crippen molar-refractivity contribution in [1.82, 2.24) is 9.55 Å². The molecule has 6 heteroatoms. The lowest BCUT2D eigenvalue weighted by Crippen LogP contribution is -2.20. The van der Waals surface area contributed by atoms with Crippen LogP contribution in [0.3, 0.4) is 0 Å². The predicted molar refractivity (Wildman–Crippen MR) is 89.4 cm³/mol. The Hall–Kier alpha value is -2.37. The average Bonchev–Trinajstić information content (AvgIpc) is 2.92. The molecule has 118 valence electrons. The summed E-state index contributed by atoms with van der Waals surface area (Å²) in [5, 5.41) is 0.552. The molecule has 1 aromatic heterocycles. The lowest BCUT2D eigenvalue weighted by atomic mass is 10.2. The van der Waals surface area contributed by atoms with E-state index in [1.54, 1.807) is 25.1 Å². The number of nitrogens with zero attached hydrogens (tertiary/aromatic N) is 2. The van der Waals surface area contributed by atoms with E-state index in [1.807, 2.05) is 30.3 Å². The number of carbonyl (C=O) groups excluding carboxylic acids is 1. The minimum Gasteiger partial charge on any atom is -0.444 e. The van der Waals surface area contributed by atoms with Crippen molar-refractivity contribution >= 4 is 28.7 Å². The van der Waals surface area contributed by atoms with Gasteiger partial charge in [-0.25, -0.2) is 14.3 Å². The third-order valence-electron chi connectivity index (χ3n) is 3.44. The van der Waals surface area contributed by atoms with E-state index < -0.39 is 12.1 Å². The first-order valence-electron chi connectivity index (χ1n) is 7.21. The number of ether oxygens (including phenoxy) is 1. The van der Waals surface area contributed by atoms with Crippen molar-refractivity contribution in [2.24, 2.45) is 5.73 Å². The van der Waals surface area contributed by atoms with E-state index in [2.05, 4.69) is 4.98 Å². The molecule has 0 fully saturated rings. The largest absolute Gasteiger partial charge is 0.444 e. The number of benzene rings is 2. The van der Waals surface area contributed by atoms with Gasteiger partial charge in [0.25, 0.3) is 0 Å². The van der Waals surface area contributed by atoms with Crippen LogP contribution in [0.15, 0.2) is 48.5 Å². The molecule has 5 nitrogen and oxygen atoms in total. The standard InChI is InChI=1S/C17H16ClN3O2/c1-11(19)16-20-14-9-13(18)7-8-15(14)21(16)17(22)23-10-12-5-3-2-4-6-12/h2-9,11H,10,19H2,1H3. The summed E-state index contributed by atoms with van der Waals surface area (Å²) in [5.74, 6) is 0.445. The van der Waals surface area contributed by atoms with E-state index in [9.17, 15) is 4.79 Å². The molecule has 0 aliphatic carbocycles. The Morgan fingerprint density at radius 3 is 2.74 bits per heavy atom. The summed E-state index contributed by atoms with van der Waals surface area (Å²) in [6.45, 7) is 1.95. The average molecular weight is 330 g/mol. The van der Waals surface area contributed by atoms with Crippen molar-refractivity contribution in [3.8, 4) is 0 Å². The molecule has 0 amide bonds. The van der Waals surface area contributed by atoms with Gasteiger partial charge in [0, 0.05) is 5.02 Å². The molecule has 0 spiro atoms. The van der Waals surface area contributed by atoms with Crippen molar-refractivity contribution in [2.75, 3.05) is 0 Å². The monoisotopic (exact) mass is 329 g/mol. The van der Waals surface area contributed by atoms with Crippen LogP contribution in [0.1, 0.15) is 24.4 Å². The molecule has 0 saturated heterocycles. The molecule has 3 rings (SSSR count). The van der Waals surface area contributed by atoms with E-state index in [0.29, 0.717) is 21.9 Å². The van der Waals surface area contributed by atoms with Gasteiger partial charge < -0.3 is 10.5 Å². The normalized spacial score (nSPS) is 12.3. The highest BCUT2D eigenvalue weighted by molar-refractivity contribution is 6.31. The van der Waals surface area contributed by atoms with Gasteiger partial charge in [-0.3, -0.25) is 0 Å². The molecule has 3 aromatic rings. The number of hydrogen-bond acceptors (Lipinski definition) is 4. The van der Waals surface area contributed by atoms with Gasteiger partial charge in [0.05, 0.1) is 17.1 Å². The maximum atomic E-state index is 12.5. The fourth-order valence-electron chi connectivity index (χ4n) is 2.35. The van der Waals surface area contributed by atoms with Gasteiger partial charge in [-0.15, -0.1) is 0 Å². The summed E-state index contributed by atoms with van der Waals surface area (Å²) < 4.78 is 6.80. The molecule has 0 saturated carbocycles. The SMILES string of the molecule is CC(N)c1nc2cc(Cl)ccc2n1C(=O)OCc1ccccc1. The number of hydrogen-bond donors (Lipinski definition) is 1. The Balaban J connectivity index is 1.94. The molecule has 1 heterocycles. The van der Waals surface area contributed by atoms with Gasteiger partial charge in [-0.2, -0.15) is 0 Å². The van der Waals surface area contributed by atoms with Crippen LogP contribution in [0.5, 0.6) is 0 Å². The Bertz CT molecular complexity index is 844. The topological polar surface area (TPSA) is 70.1 Å². The minimum atomic E-state index is -0.508. The number of halogens is 1. The summed E-state index contributed by atoms with van der Waals surface area (Å²) in [4.78, 5) is 16.9. The number of aromatic nitrogens is 2. The van der Waals surface area contributed by atoms with Crippen molar-refractivity contribution < 1.29 is 9.53 Å². The molecule has 1 unspecified atom stereocenters. The first kappa shape index (κ1) is 15.5. The second-order valence-electron chi connectivity index (χ2n) is 5.27. The molecular weight excluding hydrogens is 314 g/mol. The smallest absolute Gasteiger partial charge is 0.420 e. The van der Waals surface area contributed by atoms with Gasteiger partial charge in [0.15, 0.2) is 0 Å². The minimum absolute atomic E-state index is 0.186. The zero-order valence-electron chi connectivity index (χ0n) is 12.6. The number of rotatable bonds is 3. The van der Waals surface area contributed by atoms with Crippen LogP contribution in [0.2, 0.25) is 5.02 Å². The Kier molecular flexibility index (Phi) is 4.32. The molecule has 0 radical (unpaired) electrons.